The van der Waals surface area contributed by atoms with Crippen molar-refractivity contribution in [2.45, 2.75) is 52.1 Å². The Hall–Kier alpha value is -5.03. The number of ether oxygens (including phenoxy) is 1. The number of methoxy groups -OCH3 is 1. The highest BCUT2D eigenvalue weighted by Gasteiger charge is 2.28. The predicted octanol–water partition coefficient (Wildman–Crippen LogP) is 4.58. The van der Waals surface area contributed by atoms with Crippen LogP contribution < -0.4 is 21.3 Å². The molecule has 0 aromatic heterocycles. The molecule has 0 saturated carbocycles. The molecule has 3 aromatic rings. The van der Waals surface area contributed by atoms with E-state index in [1.165, 1.54) is 12.0 Å². The highest BCUT2D eigenvalue weighted by atomic mass is 16.5. The number of hydrogen-bond donors (Lipinski definition) is 4. The second kappa shape index (κ2) is 18.2. The molecule has 0 heterocycles. The van der Waals surface area contributed by atoms with Gasteiger partial charge in [0.15, 0.2) is 5.78 Å². The van der Waals surface area contributed by atoms with Gasteiger partial charge >= 0.3 is 12.0 Å². The van der Waals surface area contributed by atoms with Crippen LogP contribution in [-0.4, -0.2) is 73.8 Å². The maximum absolute atomic E-state index is 13.3. The van der Waals surface area contributed by atoms with Gasteiger partial charge in [-0.15, -0.1) is 0 Å². The third-order valence-corrected chi connectivity index (χ3v) is 7.64. The van der Waals surface area contributed by atoms with E-state index in [2.05, 4.69) is 21.3 Å². The van der Waals surface area contributed by atoms with E-state index in [0.717, 1.165) is 11.1 Å². The van der Waals surface area contributed by atoms with Crippen molar-refractivity contribution in [3.8, 4) is 0 Å². The van der Waals surface area contributed by atoms with E-state index >= 15 is 0 Å². The summed E-state index contributed by atoms with van der Waals surface area (Å²) >= 11 is 0. The van der Waals surface area contributed by atoms with Crippen LogP contribution in [0.4, 0.5) is 16.2 Å². The molecule has 0 aliphatic rings. The Morgan fingerprint density at radius 1 is 0.851 bits per heavy atom. The number of amides is 4. The summed E-state index contributed by atoms with van der Waals surface area (Å²) in [7, 11) is 2.87. The van der Waals surface area contributed by atoms with Gasteiger partial charge in [-0.3, -0.25) is 24.5 Å². The van der Waals surface area contributed by atoms with Gasteiger partial charge in [0.1, 0.15) is 12.1 Å². The number of esters is 1. The fourth-order valence-corrected chi connectivity index (χ4v) is 4.91. The number of aryl methyl sites for hydroxylation is 1. The number of carbonyl (C=O) groups is 5. The number of anilines is 2. The number of nitrogens with one attached hydrogen (secondary N) is 4. The van der Waals surface area contributed by atoms with Gasteiger partial charge in [0, 0.05) is 30.5 Å². The summed E-state index contributed by atoms with van der Waals surface area (Å²) in [6.07, 6.45) is 0.699. The average molecular weight is 644 g/mol. The molecular formula is C36H45N5O6. The Labute approximate surface area is 276 Å². The summed E-state index contributed by atoms with van der Waals surface area (Å²) in [5.74, 6) is -1.16. The predicted molar refractivity (Wildman–Crippen MR) is 182 cm³/mol. The molecule has 4 amide bonds. The van der Waals surface area contributed by atoms with Crippen LogP contribution in [0, 0.1) is 12.8 Å². The topological polar surface area (TPSA) is 146 Å². The van der Waals surface area contributed by atoms with Gasteiger partial charge in [-0.1, -0.05) is 74.5 Å². The molecule has 3 rings (SSSR count). The minimum atomic E-state index is -0.804. The van der Waals surface area contributed by atoms with Crippen LogP contribution in [0.1, 0.15) is 48.2 Å². The first-order valence-corrected chi connectivity index (χ1v) is 15.6. The van der Waals surface area contributed by atoms with Gasteiger partial charge in [0.05, 0.1) is 20.1 Å². The van der Waals surface area contributed by atoms with Crippen LogP contribution >= 0.6 is 0 Å². The van der Waals surface area contributed by atoms with E-state index in [9.17, 15) is 24.0 Å². The van der Waals surface area contributed by atoms with Gasteiger partial charge in [-0.2, -0.15) is 0 Å². The Bertz CT molecular complexity index is 1510. The molecule has 0 spiro atoms. The lowest BCUT2D eigenvalue weighted by Gasteiger charge is -2.29. The third-order valence-electron chi connectivity index (χ3n) is 7.64. The molecule has 0 aliphatic heterocycles. The Morgan fingerprint density at radius 3 is 2.15 bits per heavy atom. The van der Waals surface area contributed by atoms with Crippen molar-refractivity contribution in [2.24, 2.45) is 5.92 Å². The lowest BCUT2D eigenvalue weighted by molar-refractivity contribution is -0.143. The zero-order chi connectivity index (χ0) is 34.3. The largest absolute Gasteiger partial charge is 0.468 e. The standard InChI is InChI=1S/C36H45N5O6/c1-24(2)21-31(34(44)37-20-19-30(35(45)47-5)38-23-32(42)27-12-7-6-8-13-27)41(4)33(43)22-26-15-17-28(18-16-26)39-36(46)40-29-14-10-9-11-25(29)3/h6-18,24,30-31,38H,19-23H2,1-5H3,(H,37,44)(H2,39,40,46). The van der Waals surface area contributed by atoms with E-state index in [1.54, 1.807) is 55.6 Å². The molecule has 0 saturated heterocycles. The molecule has 11 heteroatoms. The summed E-state index contributed by atoms with van der Waals surface area (Å²) in [4.78, 5) is 65.3. The minimum Gasteiger partial charge on any atom is -0.468 e. The molecule has 11 nitrogen and oxygen atoms in total. The molecule has 3 aromatic carbocycles. The number of carbonyl (C=O) groups excluding carboxylic acids is 5. The van der Waals surface area contributed by atoms with Crippen molar-refractivity contribution >= 4 is 41.0 Å². The van der Waals surface area contributed by atoms with E-state index in [-0.39, 0.29) is 55.5 Å². The number of Topliss-reactive ketones (excluding diaryl/α,β-unsaturated/α-hetero) is 1. The normalized spacial score (nSPS) is 12.0. The summed E-state index contributed by atoms with van der Waals surface area (Å²) in [5.41, 5.74) is 3.48. The van der Waals surface area contributed by atoms with Crippen molar-refractivity contribution in [2.75, 3.05) is 37.9 Å². The second-order valence-corrected chi connectivity index (χ2v) is 11.7. The molecular weight excluding hydrogens is 598 g/mol. The van der Waals surface area contributed by atoms with Crippen molar-refractivity contribution in [3.63, 3.8) is 0 Å². The van der Waals surface area contributed by atoms with Gasteiger partial charge in [-0.25, -0.2) is 4.79 Å². The number of urea groups is 1. The lowest BCUT2D eigenvalue weighted by Crippen LogP contribution is -2.50. The number of para-hydroxylation sites is 1. The Morgan fingerprint density at radius 2 is 1.51 bits per heavy atom. The van der Waals surface area contributed by atoms with Crippen LogP contribution in [-0.2, 0) is 25.5 Å². The lowest BCUT2D eigenvalue weighted by atomic mass is 10.0. The first-order valence-electron chi connectivity index (χ1n) is 15.6. The number of hydrogen-bond acceptors (Lipinski definition) is 7. The molecule has 0 bridgehead atoms. The fraction of sp³-hybridized carbons (Fsp3) is 0.361. The van der Waals surface area contributed by atoms with Gasteiger partial charge in [-0.05, 0) is 55.0 Å². The first-order chi connectivity index (χ1) is 22.5. The second-order valence-electron chi connectivity index (χ2n) is 11.7. The Balaban J connectivity index is 1.54. The SMILES string of the molecule is COC(=O)C(CCNC(=O)C(CC(C)C)N(C)C(=O)Cc1ccc(NC(=O)Nc2ccccc2C)cc1)NCC(=O)c1ccccc1. The van der Waals surface area contributed by atoms with Crippen LogP contribution in [0.15, 0.2) is 78.9 Å². The molecule has 0 aliphatic carbocycles. The van der Waals surface area contributed by atoms with Gasteiger partial charge in [0.25, 0.3) is 0 Å². The summed E-state index contributed by atoms with van der Waals surface area (Å²) in [6.45, 7) is 5.92. The van der Waals surface area contributed by atoms with E-state index in [1.807, 2.05) is 51.1 Å². The smallest absolute Gasteiger partial charge is 0.323 e. The number of rotatable bonds is 16. The van der Waals surface area contributed by atoms with E-state index < -0.39 is 18.1 Å². The minimum absolute atomic E-state index is 0.0669. The van der Waals surface area contributed by atoms with Crippen molar-refractivity contribution in [3.05, 3.63) is 95.6 Å². The number of ketones is 1. The van der Waals surface area contributed by atoms with Crippen molar-refractivity contribution in [1.82, 2.24) is 15.5 Å². The summed E-state index contributed by atoms with van der Waals surface area (Å²) in [6, 6.07) is 21.3. The molecule has 0 fully saturated rings. The van der Waals surface area contributed by atoms with Crippen LogP contribution in [0.25, 0.3) is 0 Å². The molecule has 0 radical (unpaired) electrons. The Kier molecular flexibility index (Phi) is 14.1. The quantitative estimate of drug-likeness (QED) is 0.132. The molecule has 47 heavy (non-hydrogen) atoms. The molecule has 2 unspecified atom stereocenters. The van der Waals surface area contributed by atoms with E-state index in [4.69, 9.17) is 4.74 Å². The highest BCUT2D eigenvalue weighted by Crippen LogP contribution is 2.17. The zero-order valence-electron chi connectivity index (χ0n) is 27.7. The number of nitrogens with zero attached hydrogens (tertiary/aromatic N) is 1. The zero-order valence-corrected chi connectivity index (χ0v) is 27.7. The third kappa shape index (κ3) is 11.7. The van der Waals surface area contributed by atoms with Gasteiger partial charge in [0.2, 0.25) is 11.8 Å². The first kappa shape index (κ1) is 36.4. The van der Waals surface area contributed by atoms with Crippen molar-refractivity contribution in [1.29, 1.82) is 0 Å². The molecule has 250 valence electrons. The highest BCUT2D eigenvalue weighted by molar-refractivity contribution is 6.00. The van der Waals surface area contributed by atoms with Gasteiger partial charge < -0.3 is 25.6 Å². The van der Waals surface area contributed by atoms with Crippen molar-refractivity contribution < 1.29 is 28.7 Å². The maximum atomic E-state index is 13.3. The maximum Gasteiger partial charge on any atom is 0.323 e. The fourth-order valence-electron chi connectivity index (χ4n) is 4.91. The number of benzene rings is 3. The van der Waals surface area contributed by atoms with Crippen LogP contribution in [0.3, 0.4) is 0 Å². The number of likely N-dealkylation sites (N-methyl/N-ethyl adjacent to an activating group) is 1. The summed E-state index contributed by atoms with van der Waals surface area (Å²) in [5, 5.41) is 11.4. The van der Waals surface area contributed by atoms with Crippen LogP contribution in [0.5, 0.6) is 0 Å². The molecule has 2 atom stereocenters. The van der Waals surface area contributed by atoms with Crippen LogP contribution in [0.2, 0.25) is 0 Å². The average Bonchev–Trinajstić information content (AvgIpc) is 3.06. The monoisotopic (exact) mass is 643 g/mol. The summed E-state index contributed by atoms with van der Waals surface area (Å²) < 4.78 is 4.89. The van der Waals surface area contributed by atoms with E-state index in [0.29, 0.717) is 23.4 Å². The molecule has 4 N–H and O–H groups in total.